The molecule has 2 N–H and O–H groups in total. The van der Waals surface area contributed by atoms with Crippen LogP contribution in [-0.4, -0.2) is 35.8 Å². The van der Waals surface area contributed by atoms with E-state index < -0.39 is 11.7 Å². The van der Waals surface area contributed by atoms with Gasteiger partial charge in [0.1, 0.15) is 18.8 Å². The van der Waals surface area contributed by atoms with Crippen LogP contribution >= 0.6 is 11.3 Å². The molecule has 4 rings (SSSR count). The number of thiazole rings is 1. The number of ether oxygens (including phenoxy) is 3. The molecule has 1 aliphatic rings. The fourth-order valence-electron chi connectivity index (χ4n) is 2.85. The number of benzene rings is 2. The lowest BCUT2D eigenvalue weighted by Gasteiger charge is -2.19. The van der Waals surface area contributed by atoms with Crippen molar-refractivity contribution in [3.63, 3.8) is 0 Å². The predicted molar refractivity (Wildman–Crippen MR) is 115 cm³/mol. The molecule has 0 spiro atoms. The summed E-state index contributed by atoms with van der Waals surface area (Å²) in [5.74, 6) is 0.994. The van der Waals surface area contributed by atoms with Crippen molar-refractivity contribution in [2.24, 2.45) is 0 Å². The fraction of sp³-hybridized carbons (Fsp3) is 0.286. The number of carbonyl (C=O) groups excluding carboxylic acids is 2. The standard InChI is InChI=1S/C21H21N3O5S/c1-21(2,3)29-20(26)22-13-6-4-5-12(9-13)18(25)24-19-23-14-10-15-16(11-17(14)30-19)28-8-7-27-15/h4-6,9-11H,7-8H2,1-3H3,(H,22,26)(H,23,24,25). The average Bonchev–Trinajstić information content (AvgIpc) is 3.05. The normalized spacial score (nSPS) is 13.0. The summed E-state index contributed by atoms with van der Waals surface area (Å²) >= 11 is 1.35. The van der Waals surface area contributed by atoms with E-state index in [1.807, 2.05) is 6.07 Å². The van der Waals surface area contributed by atoms with Crippen LogP contribution < -0.4 is 20.1 Å². The molecule has 2 heterocycles. The summed E-state index contributed by atoms with van der Waals surface area (Å²) in [7, 11) is 0. The highest BCUT2D eigenvalue weighted by Gasteiger charge is 2.18. The van der Waals surface area contributed by atoms with Crippen molar-refractivity contribution in [1.82, 2.24) is 4.98 Å². The number of amides is 2. The first kappa shape index (κ1) is 20.0. The van der Waals surface area contributed by atoms with E-state index in [1.54, 1.807) is 51.1 Å². The first-order valence-electron chi connectivity index (χ1n) is 9.38. The van der Waals surface area contributed by atoms with Crippen molar-refractivity contribution >= 4 is 44.4 Å². The molecule has 0 aliphatic carbocycles. The highest BCUT2D eigenvalue weighted by molar-refractivity contribution is 7.22. The van der Waals surface area contributed by atoms with Gasteiger partial charge in [-0.3, -0.25) is 15.4 Å². The molecule has 8 nitrogen and oxygen atoms in total. The number of hydrogen-bond acceptors (Lipinski definition) is 7. The van der Waals surface area contributed by atoms with Gasteiger partial charge in [0.2, 0.25) is 0 Å². The lowest BCUT2D eigenvalue weighted by Crippen LogP contribution is -2.27. The smallest absolute Gasteiger partial charge is 0.412 e. The van der Waals surface area contributed by atoms with Crippen LogP contribution in [0.15, 0.2) is 36.4 Å². The monoisotopic (exact) mass is 427 g/mol. The zero-order valence-corrected chi connectivity index (χ0v) is 17.6. The van der Waals surface area contributed by atoms with Gasteiger partial charge < -0.3 is 14.2 Å². The molecule has 0 fully saturated rings. The second-order valence-electron chi connectivity index (χ2n) is 7.64. The maximum Gasteiger partial charge on any atom is 0.412 e. The Labute approximate surface area is 177 Å². The van der Waals surface area contributed by atoms with E-state index in [0.29, 0.717) is 41.1 Å². The van der Waals surface area contributed by atoms with Gasteiger partial charge in [0.05, 0.1) is 10.2 Å². The van der Waals surface area contributed by atoms with Crippen molar-refractivity contribution in [3.8, 4) is 11.5 Å². The minimum atomic E-state index is -0.610. The molecule has 0 bridgehead atoms. The summed E-state index contributed by atoms with van der Waals surface area (Å²) in [6.07, 6.45) is -0.584. The molecule has 3 aromatic rings. The molecule has 0 atom stereocenters. The third kappa shape index (κ3) is 4.62. The third-order valence-corrected chi connectivity index (χ3v) is 4.98. The van der Waals surface area contributed by atoms with E-state index in [1.165, 1.54) is 11.3 Å². The van der Waals surface area contributed by atoms with E-state index in [2.05, 4.69) is 15.6 Å². The zero-order valence-electron chi connectivity index (χ0n) is 16.8. The number of aromatic nitrogens is 1. The van der Waals surface area contributed by atoms with E-state index in [-0.39, 0.29) is 5.91 Å². The Kier molecular flexibility index (Phi) is 5.21. The first-order valence-corrected chi connectivity index (χ1v) is 10.2. The maximum absolute atomic E-state index is 12.7. The summed E-state index contributed by atoms with van der Waals surface area (Å²) < 4.78 is 17.3. The number of nitrogens with one attached hydrogen (secondary N) is 2. The van der Waals surface area contributed by atoms with Crippen molar-refractivity contribution in [1.29, 1.82) is 0 Å². The van der Waals surface area contributed by atoms with Gasteiger partial charge in [-0.05, 0) is 39.0 Å². The van der Waals surface area contributed by atoms with Gasteiger partial charge >= 0.3 is 6.09 Å². The Morgan fingerprint density at radius 3 is 2.53 bits per heavy atom. The van der Waals surface area contributed by atoms with Crippen LogP contribution in [0.3, 0.4) is 0 Å². The summed E-state index contributed by atoms with van der Waals surface area (Å²) in [6.45, 7) is 6.35. The van der Waals surface area contributed by atoms with Gasteiger partial charge in [0, 0.05) is 23.4 Å². The molecule has 9 heteroatoms. The first-order chi connectivity index (χ1) is 14.3. The topological polar surface area (TPSA) is 98.8 Å². The third-order valence-electron chi connectivity index (χ3n) is 4.04. The van der Waals surface area contributed by atoms with Crippen molar-refractivity contribution in [2.75, 3.05) is 23.8 Å². The van der Waals surface area contributed by atoms with Crippen molar-refractivity contribution in [3.05, 3.63) is 42.0 Å². The van der Waals surface area contributed by atoms with Crippen LogP contribution in [0, 0.1) is 0 Å². The van der Waals surface area contributed by atoms with Crippen LogP contribution in [-0.2, 0) is 4.74 Å². The molecule has 0 saturated heterocycles. The van der Waals surface area contributed by atoms with Crippen LogP contribution in [0.5, 0.6) is 11.5 Å². The van der Waals surface area contributed by atoms with E-state index in [4.69, 9.17) is 14.2 Å². The molecule has 1 aromatic heterocycles. The number of nitrogens with zero attached hydrogens (tertiary/aromatic N) is 1. The highest BCUT2D eigenvalue weighted by atomic mass is 32.1. The van der Waals surface area contributed by atoms with Crippen molar-refractivity contribution in [2.45, 2.75) is 26.4 Å². The largest absolute Gasteiger partial charge is 0.486 e. The van der Waals surface area contributed by atoms with Crippen LogP contribution in [0.4, 0.5) is 15.6 Å². The highest BCUT2D eigenvalue weighted by Crippen LogP contribution is 2.37. The Morgan fingerprint density at radius 2 is 1.80 bits per heavy atom. The van der Waals surface area contributed by atoms with E-state index >= 15 is 0 Å². The molecule has 2 amide bonds. The fourth-order valence-corrected chi connectivity index (χ4v) is 3.72. The summed E-state index contributed by atoms with van der Waals surface area (Å²) in [5.41, 5.74) is 0.957. The van der Waals surface area contributed by atoms with Gasteiger partial charge in [-0.2, -0.15) is 0 Å². The molecule has 0 saturated carbocycles. The minimum absolute atomic E-state index is 0.334. The molecule has 156 valence electrons. The Morgan fingerprint density at radius 1 is 1.07 bits per heavy atom. The maximum atomic E-state index is 12.7. The summed E-state index contributed by atoms with van der Waals surface area (Å²) in [5, 5.41) is 5.89. The average molecular weight is 427 g/mol. The molecule has 0 radical (unpaired) electrons. The van der Waals surface area contributed by atoms with Gasteiger partial charge in [0.15, 0.2) is 16.6 Å². The molecular formula is C21H21N3O5S. The Bertz CT molecular complexity index is 1080. The Hall–Kier alpha value is -3.33. The summed E-state index contributed by atoms with van der Waals surface area (Å²) in [4.78, 5) is 29.1. The molecule has 1 aliphatic heterocycles. The number of rotatable bonds is 3. The lowest BCUT2D eigenvalue weighted by atomic mass is 10.2. The van der Waals surface area contributed by atoms with Gasteiger partial charge in [0.25, 0.3) is 5.91 Å². The van der Waals surface area contributed by atoms with Gasteiger partial charge in [-0.15, -0.1) is 0 Å². The van der Waals surface area contributed by atoms with E-state index in [0.717, 1.165) is 10.2 Å². The second-order valence-corrected chi connectivity index (χ2v) is 8.68. The summed E-state index contributed by atoms with van der Waals surface area (Å²) in [6, 6.07) is 10.3. The lowest BCUT2D eigenvalue weighted by molar-refractivity contribution is 0.0635. The van der Waals surface area contributed by atoms with Crippen molar-refractivity contribution < 1.29 is 23.8 Å². The van der Waals surface area contributed by atoms with E-state index in [9.17, 15) is 9.59 Å². The molecule has 0 unspecified atom stereocenters. The second kappa shape index (κ2) is 7.83. The zero-order chi connectivity index (χ0) is 21.3. The number of fused-ring (bicyclic) bond motifs is 2. The van der Waals surface area contributed by atoms with Crippen LogP contribution in [0.25, 0.3) is 10.2 Å². The SMILES string of the molecule is CC(C)(C)OC(=O)Nc1cccc(C(=O)Nc2nc3cc4c(cc3s2)OCCO4)c1. The number of hydrogen-bond donors (Lipinski definition) is 2. The molecular weight excluding hydrogens is 406 g/mol. The number of carbonyl (C=O) groups is 2. The Balaban J connectivity index is 1.48. The van der Waals surface area contributed by atoms with Gasteiger partial charge in [-0.1, -0.05) is 17.4 Å². The number of anilines is 2. The minimum Gasteiger partial charge on any atom is -0.486 e. The predicted octanol–water partition coefficient (Wildman–Crippen LogP) is 4.67. The molecule has 30 heavy (non-hydrogen) atoms. The quantitative estimate of drug-likeness (QED) is 0.630. The van der Waals surface area contributed by atoms with Crippen LogP contribution in [0.1, 0.15) is 31.1 Å². The van der Waals surface area contributed by atoms with Gasteiger partial charge in [-0.25, -0.2) is 9.78 Å². The molecule has 2 aromatic carbocycles. The van der Waals surface area contributed by atoms with Crippen LogP contribution in [0.2, 0.25) is 0 Å².